The molecule has 0 saturated carbocycles. The smallest absolute Gasteiger partial charge is 0.0463 e. The van der Waals surface area contributed by atoms with E-state index in [2.05, 4.69) is 34.1 Å². The van der Waals surface area contributed by atoms with Gasteiger partial charge < -0.3 is 32.7 Å². The van der Waals surface area contributed by atoms with Crippen molar-refractivity contribution in [1.29, 1.82) is 0 Å². The third kappa shape index (κ3) is 4.74. The maximum absolute atomic E-state index is 5.95. The van der Waals surface area contributed by atoms with Crippen molar-refractivity contribution >= 4 is 56.9 Å². The van der Waals surface area contributed by atoms with Gasteiger partial charge in [-0.25, -0.2) is 0 Å². The normalized spacial score (nSPS) is 10.7. The molecule has 0 atom stereocenters. The molecular weight excluding hydrogens is 444 g/mol. The van der Waals surface area contributed by atoms with Gasteiger partial charge in [0.1, 0.15) is 0 Å². The van der Waals surface area contributed by atoms with Crippen LogP contribution >= 0.6 is 0 Å². The van der Waals surface area contributed by atoms with Crippen molar-refractivity contribution in [3.05, 3.63) is 121 Å². The molecule has 0 aliphatic heterocycles. The van der Waals surface area contributed by atoms with Gasteiger partial charge in [0.05, 0.1) is 0 Å². The van der Waals surface area contributed by atoms with Crippen molar-refractivity contribution in [3.8, 4) is 0 Å². The molecule has 0 saturated heterocycles. The van der Waals surface area contributed by atoms with E-state index in [4.69, 9.17) is 22.9 Å². The molecule has 0 unspecified atom stereocenters. The van der Waals surface area contributed by atoms with Gasteiger partial charge in [0.15, 0.2) is 0 Å². The van der Waals surface area contributed by atoms with Crippen LogP contribution in [0.5, 0.6) is 0 Å². The molecule has 0 heterocycles. The van der Waals surface area contributed by atoms with Crippen molar-refractivity contribution in [2.45, 2.75) is 0 Å². The number of rotatable bonds is 6. The molecule has 0 aliphatic carbocycles. The quantitative estimate of drug-likeness (QED) is 0.199. The monoisotopic (exact) mass is 472 g/mol. The summed E-state index contributed by atoms with van der Waals surface area (Å²) < 4.78 is 0. The summed E-state index contributed by atoms with van der Waals surface area (Å²) in [5.41, 5.74) is 32.7. The van der Waals surface area contributed by atoms with E-state index in [1.54, 1.807) is 0 Å². The van der Waals surface area contributed by atoms with Crippen LogP contribution in [0.2, 0.25) is 0 Å². The van der Waals surface area contributed by atoms with E-state index < -0.39 is 0 Å². The highest BCUT2D eigenvalue weighted by Crippen LogP contribution is 2.39. The molecule has 178 valence electrons. The SMILES string of the molecule is Nc1ccc(N(c2ccc(N)cc2)c2ccc(N(c3ccc(N)cc3)c3ccc(N)cc3)cc2)cc1. The highest BCUT2D eigenvalue weighted by Gasteiger charge is 2.16. The van der Waals surface area contributed by atoms with Crippen molar-refractivity contribution in [1.82, 2.24) is 0 Å². The molecule has 5 rings (SSSR count). The Hall–Kier alpha value is -5.10. The van der Waals surface area contributed by atoms with Crippen molar-refractivity contribution in [2.75, 3.05) is 32.7 Å². The zero-order valence-electron chi connectivity index (χ0n) is 19.8. The lowest BCUT2D eigenvalue weighted by Crippen LogP contribution is -2.12. The fraction of sp³-hybridized carbons (Fsp3) is 0. The zero-order valence-corrected chi connectivity index (χ0v) is 19.8. The number of hydrogen-bond acceptors (Lipinski definition) is 6. The summed E-state index contributed by atoms with van der Waals surface area (Å²) in [7, 11) is 0. The Kier molecular flexibility index (Phi) is 6.07. The first kappa shape index (κ1) is 22.7. The Bertz CT molecular complexity index is 1220. The zero-order chi connectivity index (χ0) is 25.1. The van der Waals surface area contributed by atoms with Gasteiger partial charge in [0.2, 0.25) is 0 Å². The van der Waals surface area contributed by atoms with Crippen LogP contribution in [0.4, 0.5) is 56.9 Å². The van der Waals surface area contributed by atoms with E-state index in [1.165, 1.54) is 0 Å². The first-order valence-corrected chi connectivity index (χ1v) is 11.6. The van der Waals surface area contributed by atoms with Gasteiger partial charge in [0.25, 0.3) is 0 Å². The predicted molar refractivity (Wildman–Crippen MR) is 153 cm³/mol. The molecule has 0 radical (unpaired) electrons. The molecule has 36 heavy (non-hydrogen) atoms. The highest BCUT2D eigenvalue weighted by molar-refractivity contribution is 5.82. The number of nitrogens with zero attached hydrogens (tertiary/aromatic N) is 2. The van der Waals surface area contributed by atoms with Crippen LogP contribution in [-0.2, 0) is 0 Å². The summed E-state index contributed by atoms with van der Waals surface area (Å²) >= 11 is 0. The molecule has 5 aromatic rings. The van der Waals surface area contributed by atoms with Crippen molar-refractivity contribution in [2.24, 2.45) is 0 Å². The second kappa shape index (κ2) is 9.64. The third-order valence-corrected chi connectivity index (χ3v) is 5.97. The Morgan fingerprint density at radius 1 is 0.250 bits per heavy atom. The van der Waals surface area contributed by atoms with E-state index in [0.29, 0.717) is 22.7 Å². The summed E-state index contributed by atoms with van der Waals surface area (Å²) in [6, 6.07) is 39.7. The minimum atomic E-state index is 0.717. The fourth-order valence-corrected chi connectivity index (χ4v) is 4.14. The molecule has 5 aromatic carbocycles. The van der Waals surface area contributed by atoms with Gasteiger partial charge in [0, 0.05) is 56.9 Å². The first-order valence-electron chi connectivity index (χ1n) is 11.6. The summed E-state index contributed by atoms with van der Waals surface area (Å²) in [6.07, 6.45) is 0. The molecule has 0 aliphatic rings. The molecule has 0 aromatic heterocycles. The summed E-state index contributed by atoms with van der Waals surface area (Å²) in [5, 5.41) is 0. The average Bonchev–Trinajstić information content (AvgIpc) is 2.90. The van der Waals surface area contributed by atoms with Crippen LogP contribution in [0.1, 0.15) is 0 Å². The largest absolute Gasteiger partial charge is 0.399 e. The Balaban J connectivity index is 1.57. The molecule has 0 bridgehead atoms. The second-order valence-electron chi connectivity index (χ2n) is 8.55. The van der Waals surface area contributed by atoms with Gasteiger partial charge in [-0.2, -0.15) is 0 Å². The molecular formula is C30H28N6. The Morgan fingerprint density at radius 3 is 0.556 bits per heavy atom. The lowest BCUT2D eigenvalue weighted by atomic mass is 10.1. The van der Waals surface area contributed by atoms with E-state index >= 15 is 0 Å². The first-order chi connectivity index (χ1) is 17.5. The second-order valence-corrected chi connectivity index (χ2v) is 8.55. The number of anilines is 10. The number of nitrogen functional groups attached to an aromatic ring is 4. The van der Waals surface area contributed by atoms with E-state index in [-0.39, 0.29) is 0 Å². The van der Waals surface area contributed by atoms with E-state index in [1.807, 2.05) is 97.1 Å². The van der Waals surface area contributed by atoms with Crippen molar-refractivity contribution < 1.29 is 0 Å². The summed E-state index contributed by atoms with van der Waals surface area (Å²) in [5.74, 6) is 0. The minimum absolute atomic E-state index is 0.717. The lowest BCUT2D eigenvalue weighted by molar-refractivity contribution is 1.26. The van der Waals surface area contributed by atoms with Gasteiger partial charge in [-0.15, -0.1) is 0 Å². The maximum Gasteiger partial charge on any atom is 0.0463 e. The van der Waals surface area contributed by atoms with Gasteiger partial charge in [-0.05, 0) is 121 Å². The summed E-state index contributed by atoms with van der Waals surface area (Å²) in [6.45, 7) is 0. The summed E-state index contributed by atoms with van der Waals surface area (Å²) in [4.78, 5) is 4.33. The number of hydrogen-bond donors (Lipinski definition) is 4. The van der Waals surface area contributed by atoms with Gasteiger partial charge in [-0.3, -0.25) is 0 Å². The average molecular weight is 473 g/mol. The number of benzene rings is 5. The van der Waals surface area contributed by atoms with E-state index in [0.717, 1.165) is 34.1 Å². The standard InChI is InChI=1S/C30H28N6/c31-21-1-9-25(10-2-21)35(26-11-3-22(32)4-12-26)29-17-19-30(20-18-29)36(27-13-5-23(33)6-14-27)28-15-7-24(34)8-16-28/h1-20H,31-34H2. The van der Waals surface area contributed by atoms with Crippen LogP contribution < -0.4 is 32.7 Å². The lowest BCUT2D eigenvalue weighted by Gasteiger charge is -2.28. The van der Waals surface area contributed by atoms with E-state index in [9.17, 15) is 0 Å². The van der Waals surface area contributed by atoms with Crippen LogP contribution in [0.3, 0.4) is 0 Å². The molecule has 8 N–H and O–H groups in total. The maximum atomic E-state index is 5.95. The molecule has 0 spiro atoms. The topological polar surface area (TPSA) is 111 Å². The molecule has 6 heteroatoms. The van der Waals surface area contributed by atoms with Crippen LogP contribution in [0.15, 0.2) is 121 Å². The van der Waals surface area contributed by atoms with Gasteiger partial charge >= 0.3 is 0 Å². The Morgan fingerprint density at radius 2 is 0.389 bits per heavy atom. The minimum Gasteiger partial charge on any atom is -0.399 e. The van der Waals surface area contributed by atoms with Gasteiger partial charge in [-0.1, -0.05) is 0 Å². The van der Waals surface area contributed by atoms with Crippen LogP contribution in [0.25, 0.3) is 0 Å². The Labute approximate surface area is 211 Å². The predicted octanol–water partition coefficient (Wildman–Crippen LogP) is 6.96. The van der Waals surface area contributed by atoms with Crippen LogP contribution in [-0.4, -0.2) is 0 Å². The number of nitrogens with two attached hydrogens (primary N) is 4. The van der Waals surface area contributed by atoms with Crippen LogP contribution in [0, 0.1) is 0 Å². The molecule has 0 fully saturated rings. The molecule has 6 nitrogen and oxygen atoms in total. The molecule has 0 amide bonds. The fourth-order valence-electron chi connectivity index (χ4n) is 4.14. The highest BCUT2D eigenvalue weighted by atomic mass is 15.2. The third-order valence-electron chi connectivity index (χ3n) is 5.97. The van der Waals surface area contributed by atoms with Crippen molar-refractivity contribution in [3.63, 3.8) is 0 Å².